The molecule has 1 fully saturated rings. The summed E-state index contributed by atoms with van der Waals surface area (Å²) >= 11 is 0. The number of nitrogens with zero attached hydrogens (tertiary/aromatic N) is 7. The fourth-order valence-corrected chi connectivity index (χ4v) is 4.39. The first kappa shape index (κ1) is 20.3. The Morgan fingerprint density at radius 2 is 1.84 bits per heavy atom. The zero-order valence-electron chi connectivity index (χ0n) is 17.4. The van der Waals surface area contributed by atoms with Crippen LogP contribution in [0.15, 0.2) is 60.0 Å². The van der Waals surface area contributed by atoms with E-state index in [9.17, 15) is 8.42 Å². The van der Waals surface area contributed by atoms with Crippen LogP contribution in [0, 0.1) is 0 Å². The molecule has 1 aromatic carbocycles. The highest BCUT2D eigenvalue weighted by Gasteiger charge is 2.23. The van der Waals surface area contributed by atoms with Crippen LogP contribution in [0.1, 0.15) is 12.8 Å². The Kier molecular flexibility index (Phi) is 5.17. The molecule has 4 aromatic rings. The van der Waals surface area contributed by atoms with Crippen LogP contribution >= 0.6 is 0 Å². The van der Waals surface area contributed by atoms with Gasteiger partial charge in [0.1, 0.15) is 17.8 Å². The van der Waals surface area contributed by atoms with Crippen LogP contribution in [0.25, 0.3) is 16.7 Å². The summed E-state index contributed by atoms with van der Waals surface area (Å²) in [4.78, 5) is 11.1. The monoisotopic (exact) mass is 451 g/mol. The largest absolute Gasteiger partial charge is 0.474 e. The number of piperidine rings is 1. The molecule has 0 radical (unpaired) electrons. The summed E-state index contributed by atoms with van der Waals surface area (Å²) in [5.41, 5.74) is 1.30. The molecule has 11 heteroatoms. The average molecular weight is 452 g/mol. The van der Waals surface area contributed by atoms with Crippen LogP contribution < -0.4 is 9.64 Å². The van der Waals surface area contributed by atoms with Gasteiger partial charge in [0.05, 0.1) is 16.8 Å². The second-order valence-electron chi connectivity index (χ2n) is 7.62. The van der Waals surface area contributed by atoms with Crippen LogP contribution in [-0.4, -0.2) is 63.8 Å². The molecule has 0 aliphatic carbocycles. The molecule has 0 atom stereocenters. The van der Waals surface area contributed by atoms with Crippen LogP contribution in [0.3, 0.4) is 0 Å². The maximum Gasteiger partial charge on any atom is 0.228 e. The lowest BCUT2D eigenvalue weighted by molar-refractivity contribution is 0.166. The molecule has 3 aromatic heterocycles. The van der Waals surface area contributed by atoms with Gasteiger partial charge in [-0.05, 0) is 36.4 Å². The molecule has 1 aliphatic rings. The highest BCUT2D eigenvalue weighted by Crippen LogP contribution is 2.27. The summed E-state index contributed by atoms with van der Waals surface area (Å²) in [5.74, 6) is 1.37. The Balaban J connectivity index is 1.34. The van der Waals surface area contributed by atoms with E-state index >= 15 is 0 Å². The van der Waals surface area contributed by atoms with E-state index in [0.717, 1.165) is 31.7 Å². The molecule has 0 unspecified atom stereocenters. The lowest BCUT2D eigenvalue weighted by Crippen LogP contribution is -2.38. The van der Waals surface area contributed by atoms with Gasteiger partial charge in [-0.25, -0.2) is 23.1 Å². The van der Waals surface area contributed by atoms with Gasteiger partial charge in [0.2, 0.25) is 5.88 Å². The zero-order chi connectivity index (χ0) is 22.1. The molecular weight excluding hydrogens is 430 g/mol. The fourth-order valence-electron chi connectivity index (χ4n) is 3.76. The summed E-state index contributed by atoms with van der Waals surface area (Å²) in [6, 6.07) is 10.4. The molecule has 5 rings (SSSR count). The number of ether oxygens (including phenoxy) is 1. The van der Waals surface area contributed by atoms with Gasteiger partial charge in [-0.1, -0.05) is 0 Å². The Morgan fingerprint density at radius 1 is 1.06 bits per heavy atom. The minimum Gasteiger partial charge on any atom is -0.474 e. The van der Waals surface area contributed by atoms with E-state index < -0.39 is 9.84 Å². The SMILES string of the molecule is CS(=O)(=O)c1ccc(-n2ncc3c(OC4CCN(c5cccnn5)CC4)ncnc32)cc1. The minimum atomic E-state index is -3.26. The van der Waals surface area contributed by atoms with Crippen LogP contribution in [0.5, 0.6) is 5.88 Å². The van der Waals surface area contributed by atoms with Crippen molar-refractivity contribution in [2.45, 2.75) is 23.8 Å². The second kappa shape index (κ2) is 8.15. The topological polar surface area (TPSA) is 116 Å². The van der Waals surface area contributed by atoms with Crippen LogP contribution in [0.2, 0.25) is 0 Å². The van der Waals surface area contributed by atoms with Crippen molar-refractivity contribution in [2.24, 2.45) is 0 Å². The van der Waals surface area contributed by atoms with E-state index in [2.05, 4.69) is 30.2 Å². The number of aromatic nitrogens is 6. The minimum absolute atomic E-state index is 0.0263. The molecule has 0 N–H and O–H groups in total. The van der Waals surface area contributed by atoms with Gasteiger partial charge in [0.25, 0.3) is 0 Å². The molecule has 4 heterocycles. The first-order chi connectivity index (χ1) is 15.5. The molecule has 0 bridgehead atoms. The van der Waals surface area contributed by atoms with Crippen molar-refractivity contribution < 1.29 is 13.2 Å². The summed E-state index contributed by atoms with van der Waals surface area (Å²) in [6.45, 7) is 1.65. The Hall–Kier alpha value is -3.60. The van der Waals surface area contributed by atoms with Gasteiger partial charge in [-0.15, -0.1) is 5.10 Å². The van der Waals surface area contributed by atoms with Gasteiger partial charge in [-0.2, -0.15) is 10.2 Å². The molecule has 0 amide bonds. The van der Waals surface area contributed by atoms with Crippen molar-refractivity contribution in [3.8, 4) is 11.6 Å². The second-order valence-corrected chi connectivity index (χ2v) is 9.64. The molecule has 1 aliphatic heterocycles. The van der Waals surface area contributed by atoms with Crippen LogP contribution in [-0.2, 0) is 9.84 Å². The predicted octanol–water partition coefficient (Wildman–Crippen LogP) is 2.06. The van der Waals surface area contributed by atoms with Crippen molar-refractivity contribution in [3.63, 3.8) is 0 Å². The quantitative estimate of drug-likeness (QED) is 0.449. The Bertz CT molecular complexity index is 1330. The number of hydrogen-bond acceptors (Lipinski definition) is 9. The number of sulfone groups is 1. The van der Waals surface area contributed by atoms with E-state index in [1.54, 1.807) is 41.3 Å². The lowest BCUT2D eigenvalue weighted by atomic mass is 10.1. The zero-order valence-corrected chi connectivity index (χ0v) is 18.2. The highest BCUT2D eigenvalue weighted by atomic mass is 32.2. The van der Waals surface area contributed by atoms with Gasteiger partial charge in [0.15, 0.2) is 21.3 Å². The van der Waals surface area contributed by atoms with Crippen molar-refractivity contribution in [1.82, 2.24) is 29.9 Å². The standard InChI is InChI=1S/C21H21N7O3S/c1-32(29,30)17-6-4-15(5-7-17)28-20-18(13-25-28)21(23-14-22-20)31-16-8-11-27(12-9-16)19-3-2-10-24-26-19/h2-7,10,13-14,16H,8-9,11-12H2,1H3. The van der Waals surface area contributed by atoms with E-state index in [0.29, 0.717) is 22.6 Å². The molecule has 0 saturated carbocycles. The summed E-state index contributed by atoms with van der Waals surface area (Å²) in [6.07, 6.45) is 7.67. The number of benzene rings is 1. The van der Waals surface area contributed by atoms with Crippen LogP contribution in [0.4, 0.5) is 5.82 Å². The lowest BCUT2D eigenvalue weighted by Gasteiger charge is -2.32. The normalized spacial score (nSPS) is 15.2. The highest BCUT2D eigenvalue weighted by molar-refractivity contribution is 7.90. The van der Waals surface area contributed by atoms with Gasteiger partial charge >= 0.3 is 0 Å². The van der Waals surface area contributed by atoms with Crippen molar-refractivity contribution >= 4 is 26.7 Å². The van der Waals surface area contributed by atoms with E-state index in [1.165, 1.54) is 12.6 Å². The number of hydrogen-bond donors (Lipinski definition) is 0. The number of fused-ring (bicyclic) bond motifs is 1. The van der Waals surface area contributed by atoms with E-state index in [-0.39, 0.29) is 11.0 Å². The maximum absolute atomic E-state index is 11.7. The van der Waals surface area contributed by atoms with Gasteiger partial charge in [0, 0.05) is 38.4 Å². The third-order valence-corrected chi connectivity index (χ3v) is 6.57. The van der Waals surface area contributed by atoms with E-state index in [1.807, 2.05) is 12.1 Å². The van der Waals surface area contributed by atoms with E-state index in [4.69, 9.17) is 4.74 Å². The summed E-state index contributed by atoms with van der Waals surface area (Å²) in [5, 5.41) is 13.2. The predicted molar refractivity (Wildman–Crippen MR) is 118 cm³/mol. The number of anilines is 1. The van der Waals surface area contributed by atoms with Gasteiger partial charge < -0.3 is 9.64 Å². The maximum atomic E-state index is 11.7. The van der Waals surface area contributed by atoms with Crippen molar-refractivity contribution in [3.05, 3.63) is 55.1 Å². The summed E-state index contributed by atoms with van der Waals surface area (Å²) < 4.78 is 31.3. The van der Waals surface area contributed by atoms with Crippen molar-refractivity contribution in [2.75, 3.05) is 24.2 Å². The van der Waals surface area contributed by atoms with Crippen molar-refractivity contribution in [1.29, 1.82) is 0 Å². The Labute approximate surface area is 184 Å². The molecule has 164 valence electrons. The molecule has 0 spiro atoms. The average Bonchev–Trinajstić information content (AvgIpc) is 3.25. The third kappa shape index (κ3) is 3.98. The fraction of sp³-hybridized carbons (Fsp3) is 0.286. The first-order valence-electron chi connectivity index (χ1n) is 10.2. The summed E-state index contributed by atoms with van der Waals surface area (Å²) in [7, 11) is -3.26. The smallest absolute Gasteiger partial charge is 0.228 e. The third-order valence-electron chi connectivity index (χ3n) is 5.44. The molecule has 1 saturated heterocycles. The van der Waals surface area contributed by atoms with Gasteiger partial charge in [-0.3, -0.25) is 0 Å². The Morgan fingerprint density at radius 3 is 2.53 bits per heavy atom. The molecule has 10 nitrogen and oxygen atoms in total. The number of rotatable bonds is 5. The molecule has 32 heavy (non-hydrogen) atoms. The first-order valence-corrected chi connectivity index (χ1v) is 12.1. The molecular formula is C21H21N7O3S.